The van der Waals surface area contributed by atoms with Crippen LogP contribution in [0.3, 0.4) is 0 Å². The number of carbonyl (C=O) groups is 4. The maximum absolute atomic E-state index is 13.3. The standard InChI is InChI=1S/C25H23Cl2FN2O4.C19H20Cl2N2O3/c1-14(15-5-7-16(8-6-15)24(32)34-25(2,3)4)30-22(31)19-11-17(26)13-29-23(19)33-21-10-9-18(28)12-20(21)27;1-11(23-17(24)15-9-14(20)10-22-16(15)21)12-5-7-13(8-6-12)18(25)26-19(2,3)4/h5-14H,1-4H3,(H,30,31);5-11H,1-4H3,(H,23,24)/t14-;11-/m00/s1. The van der Waals surface area contributed by atoms with Crippen molar-refractivity contribution in [1.29, 1.82) is 0 Å². The van der Waals surface area contributed by atoms with Crippen LogP contribution < -0.4 is 15.4 Å². The number of halogens is 5. The lowest BCUT2D eigenvalue weighted by Crippen LogP contribution is -2.27. The second-order valence-electron chi connectivity index (χ2n) is 15.3. The number of pyridine rings is 2. The molecule has 5 aromatic rings. The number of benzene rings is 3. The van der Waals surface area contributed by atoms with Crippen molar-refractivity contribution in [2.45, 2.75) is 78.7 Å². The van der Waals surface area contributed by atoms with Crippen LogP contribution in [-0.4, -0.2) is 44.9 Å². The third kappa shape index (κ3) is 14.2. The largest absolute Gasteiger partial charge is 0.456 e. The van der Waals surface area contributed by atoms with E-state index in [-0.39, 0.29) is 49.9 Å². The SMILES string of the molecule is C[C@H](NC(=O)c1cc(Cl)cnc1Cl)c1ccc(C(=O)OC(C)(C)C)cc1.C[C@H](NC(=O)c1cc(Cl)cnc1Oc1ccc(F)cc1Cl)c1ccc(C(=O)OC(C)(C)C)cc1. The molecule has 2 N–H and O–H groups in total. The summed E-state index contributed by atoms with van der Waals surface area (Å²) in [5.74, 6) is -2.12. The van der Waals surface area contributed by atoms with Gasteiger partial charge in [-0.2, -0.15) is 0 Å². The van der Waals surface area contributed by atoms with Crippen LogP contribution in [0.2, 0.25) is 20.2 Å². The highest BCUT2D eigenvalue weighted by molar-refractivity contribution is 6.34. The van der Waals surface area contributed by atoms with Gasteiger partial charge in [-0.25, -0.2) is 23.9 Å². The maximum atomic E-state index is 13.3. The number of amides is 2. The Morgan fingerprint density at radius 3 is 1.50 bits per heavy atom. The van der Waals surface area contributed by atoms with E-state index < -0.39 is 40.9 Å². The lowest BCUT2D eigenvalue weighted by Gasteiger charge is -2.20. The number of hydrogen-bond donors (Lipinski definition) is 2. The third-order valence-electron chi connectivity index (χ3n) is 8.00. The molecule has 0 bridgehead atoms. The van der Waals surface area contributed by atoms with E-state index in [9.17, 15) is 23.6 Å². The molecule has 0 saturated heterocycles. The zero-order valence-electron chi connectivity index (χ0n) is 34.0. The van der Waals surface area contributed by atoms with Gasteiger partial charge < -0.3 is 24.8 Å². The smallest absolute Gasteiger partial charge is 0.338 e. The second kappa shape index (κ2) is 20.3. The van der Waals surface area contributed by atoms with Crippen LogP contribution >= 0.6 is 46.4 Å². The molecule has 2 heterocycles. The van der Waals surface area contributed by atoms with Crippen molar-refractivity contribution >= 4 is 70.2 Å². The molecule has 0 radical (unpaired) electrons. The third-order valence-corrected chi connectivity index (χ3v) is 9.01. The lowest BCUT2D eigenvalue weighted by atomic mass is 10.1. The molecule has 2 amide bonds. The van der Waals surface area contributed by atoms with Gasteiger partial charge in [-0.15, -0.1) is 0 Å². The maximum Gasteiger partial charge on any atom is 0.338 e. The van der Waals surface area contributed by atoms with Crippen molar-refractivity contribution < 1.29 is 37.8 Å². The Morgan fingerprint density at radius 1 is 0.617 bits per heavy atom. The molecule has 0 aliphatic heterocycles. The van der Waals surface area contributed by atoms with Crippen LogP contribution in [0, 0.1) is 5.82 Å². The summed E-state index contributed by atoms with van der Waals surface area (Å²) < 4.78 is 29.7. The molecule has 316 valence electrons. The minimum absolute atomic E-state index is 0.0292. The molecule has 0 unspecified atom stereocenters. The highest BCUT2D eigenvalue weighted by atomic mass is 35.5. The van der Waals surface area contributed by atoms with E-state index >= 15 is 0 Å². The highest BCUT2D eigenvalue weighted by Crippen LogP contribution is 2.32. The Balaban J connectivity index is 0.000000275. The van der Waals surface area contributed by atoms with Crippen LogP contribution in [0.25, 0.3) is 0 Å². The Hall–Kier alpha value is -5.27. The van der Waals surface area contributed by atoms with E-state index in [1.807, 2.05) is 27.7 Å². The van der Waals surface area contributed by atoms with E-state index in [1.54, 1.807) is 76.2 Å². The first-order valence-electron chi connectivity index (χ1n) is 18.4. The fraction of sp³-hybridized carbons (Fsp3) is 0.273. The van der Waals surface area contributed by atoms with Gasteiger partial charge in [0.25, 0.3) is 11.8 Å². The Labute approximate surface area is 367 Å². The minimum atomic E-state index is -0.597. The first-order valence-corrected chi connectivity index (χ1v) is 19.9. The first-order chi connectivity index (χ1) is 28.0. The molecule has 60 heavy (non-hydrogen) atoms. The zero-order chi connectivity index (χ0) is 44.5. The average Bonchev–Trinajstić information content (AvgIpc) is 3.16. The van der Waals surface area contributed by atoms with Gasteiger partial charge in [-0.1, -0.05) is 70.7 Å². The van der Waals surface area contributed by atoms with Crippen molar-refractivity contribution in [3.8, 4) is 11.6 Å². The number of nitrogens with one attached hydrogen (secondary N) is 2. The Bertz CT molecular complexity index is 2350. The molecule has 0 spiro atoms. The van der Waals surface area contributed by atoms with Gasteiger partial charge in [0.05, 0.1) is 43.8 Å². The summed E-state index contributed by atoms with van der Waals surface area (Å²) in [5, 5.41) is 6.35. The van der Waals surface area contributed by atoms with Crippen LogP contribution in [0.5, 0.6) is 11.6 Å². The van der Waals surface area contributed by atoms with Gasteiger partial charge in [0.1, 0.15) is 33.5 Å². The molecule has 0 aliphatic carbocycles. The van der Waals surface area contributed by atoms with Crippen LogP contribution in [-0.2, 0) is 9.47 Å². The van der Waals surface area contributed by atoms with Crippen molar-refractivity contribution in [2.24, 2.45) is 0 Å². The minimum Gasteiger partial charge on any atom is -0.456 e. The van der Waals surface area contributed by atoms with E-state index in [0.717, 1.165) is 17.2 Å². The van der Waals surface area contributed by atoms with Gasteiger partial charge in [0.2, 0.25) is 5.88 Å². The quantitative estimate of drug-likeness (QED) is 0.103. The van der Waals surface area contributed by atoms with Crippen LogP contribution in [0.15, 0.2) is 91.3 Å². The molecule has 0 saturated carbocycles. The molecular formula is C44H43Cl4FN4O7. The van der Waals surface area contributed by atoms with Crippen LogP contribution in [0.4, 0.5) is 4.39 Å². The van der Waals surface area contributed by atoms with Gasteiger partial charge in [0, 0.05) is 12.4 Å². The number of aromatic nitrogens is 2. The number of ether oxygens (including phenoxy) is 3. The monoisotopic (exact) mass is 898 g/mol. The molecule has 0 aliphatic rings. The van der Waals surface area contributed by atoms with Gasteiger partial charge in [0.15, 0.2) is 0 Å². The number of rotatable bonds is 10. The normalized spacial score (nSPS) is 12.2. The molecule has 16 heteroatoms. The summed E-state index contributed by atoms with van der Waals surface area (Å²) >= 11 is 23.9. The molecule has 5 rings (SSSR count). The second-order valence-corrected chi connectivity index (χ2v) is 17.0. The van der Waals surface area contributed by atoms with Crippen molar-refractivity contribution in [3.63, 3.8) is 0 Å². The topological polar surface area (TPSA) is 146 Å². The molecule has 2 aromatic heterocycles. The molecule has 0 fully saturated rings. The van der Waals surface area contributed by atoms with Crippen molar-refractivity contribution in [2.75, 3.05) is 0 Å². The summed E-state index contributed by atoms with van der Waals surface area (Å²) in [7, 11) is 0. The number of carbonyl (C=O) groups excluding carboxylic acids is 4. The highest BCUT2D eigenvalue weighted by Gasteiger charge is 2.22. The summed E-state index contributed by atoms with van der Waals surface area (Å²) in [6.07, 6.45) is 2.70. The molecular weight excluding hydrogens is 857 g/mol. The predicted octanol–water partition coefficient (Wildman–Crippen LogP) is 11.6. The average molecular weight is 901 g/mol. The molecule has 2 atom stereocenters. The lowest BCUT2D eigenvalue weighted by molar-refractivity contribution is 0.00570. The predicted molar refractivity (Wildman–Crippen MR) is 230 cm³/mol. The van der Waals surface area contributed by atoms with Crippen molar-refractivity contribution in [3.05, 3.63) is 151 Å². The van der Waals surface area contributed by atoms with E-state index in [0.29, 0.717) is 16.1 Å². The Morgan fingerprint density at radius 2 is 1.05 bits per heavy atom. The van der Waals surface area contributed by atoms with Gasteiger partial charge in [-0.05, 0) is 121 Å². The van der Waals surface area contributed by atoms with E-state index in [1.165, 1.54) is 36.7 Å². The Kier molecular flexibility index (Phi) is 16.1. The van der Waals surface area contributed by atoms with E-state index in [4.69, 9.17) is 60.6 Å². The number of nitrogens with zero attached hydrogens (tertiary/aromatic N) is 2. The summed E-state index contributed by atoms with van der Waals surface area (Å²) in [6.45, 7) is 14.4. The summed E-state index contributed by atoms with van der Waals surface area (Å²) in [4.78, 5) is 57.6. The first kappa shape index (κ1) is 47.4. The molecule has 3 aromatic carbocycles. The van der Waals surface area contributed by atoms with Gasteiger partial charge >= 0.3 is 11.9 Å². The van der Waals surface area contributed by atoms with Gasteiger partial charge in [-0.3, -0.25) is 9.59 Å². The molecule has 11 nitrogen and oxygen atoms in total. The fourth-order valence-electron chi connectivity index (χ4n) is 5.12. The zero-order valence-corrected chi connectivity index (χ0v) is 37.0. The van der Waals surface area contributed by atoms with Crippen LogP contribution in [0.1, 0.15) is 120 Å². The fourth-order valence-corrected chi connectivity index (χ4v) is 5.83. The number of esters is 2. The van der Waals surface area contributed by atoms with E-state index in [2.05, 4.69) is 20.6 Å². The summed E-state index contributed by atoms with van der Waals surface area (Å²) in [5.41, 5.74) is 1.58. The van der Waals surface area contributed by atoms with Crippen molar-refractivity contribution in [1.82, 2.24) is 20.6 Å². The number of hydrogen-bond acceptors (Lipinski definition) is 9. The summed E-state index contributed by atoms with van der Waals surface area (Å²) in [6, 6.07) is 19.4.